The van der Waals surface area contributed by atoms with E-state index in [0.717, 1.165) is 25.8 Å². The van der Waals surface area contributed by atoms with Crippen LogP contribution < -0.4 is 0 Å². The van der Waals surface area contributed by atoms with Gasteiger partial charge in [-0.2, -0.15) is 0 Å². The Bertz CT molecular complexity index is 186. The van der Waals surface area contributed by atoms with Crippen molar-refractivity contribution in [2.75, 3.05) is 13.7 Å². The number of nitrogens with zero attached hydrogens (tertiary/aromatic N) is 1. The molecule has 0 aromatic carbocycles. The second kappa shape index (κ2) is 5.80. The van der Waals surface area contributed by atoms with Crippen LogP contribution in [0, 0.1) is 0 Å². The minimum atomic E-state index is -0.843. The van der Waals surface area contributed by atoms with Crippen LogP contribution in [0.3, 0.4) is 0 Å². The maximum Gasteiger partial charge on any atom is 0.141 e. The van der Waals surface area contributed by atoms with Crippen molar-refractivity contribution < 1.29 is 9.13 Å². The van der Waals surface area contributed by atoms with Crippen LogP contribution in [-0.2, 0) is 4.74 Å². The van der Waals surface area contributed by atoms with Crippen LogP contribution in [-0.4, -0.2) is 42.9 Å². The number of piperidine rings is 1. The number of hydrogen-bond donors (Lipinski definition) is 0. The lowest BCUT2D eigenvalue weighted by atomic mass is 9.90. The summed E-state index contributed by atoms with van der Waals surface area (Å²) in [7, 11) is 1.62. The van der Waals surface area contributed by atoms with Gasteiger partial charge in [-0.1, -0.05) is 13.8 Å². The largest absolute Gasteiger partial charge is 0.378 e. The van der Waals surface area contributed by atoms with E-state index in [1.165, 1.54) is 0 Å². The van der Waals surface area contributed by atoms with Crippen LogP contribution >= 0.6 is 0 Å². The molecule has 0 N–H and O–H groups in total. The third-order valence-corrected chi connectivity index (χ3v) is 3.57. The maximum absolute atomic E-state index is 14.0. The monoisotopic (exact) mass is 217 g/mol. The Kier molecular flexibility index (Phi) is 5.00. The van der Waals surface area contributed by atoms with Gasteiger partial charge in [0.1, 0.15) is 6.17 Å². The number of likely N-dealkylation sites (tertiary alicyclic amines) is 1. The molecule has 1 saturated heterocycles. The highest BCUT2D eigenvalue weighted by molar-refractivity contribution is 4.93. The molecule has 15 heavy (non-hydrogen) atoms. The van der Waals surface area contributed by atoms with Gasteiger partial charge in [0.25, 0.3) is 0 Å². The Labute approximate surface area is 92.8 Å². The maximum atomic E-state index is 14.0. The Hall–Kier alpha value is -0.150. The molecule has 1 aliphatic heterocycles. The Balaban J connectivity index is 2.70. The van der Waals surface area contributed by atoms with Gasteiger partial charge in [-0.05, 0) is 32.7 Å². The summed E-state index contributed by atoms with van der Waals surface area (Å²) in [5.74, 6) is 0. The minimum Gasteiger partial charge on any atom is -0.378 e. The van der Waals surface area contributed by atoms with Crippen molar-refractivity contribution in [3.8, 4) is 0 Å². The number of hydrogen-bond acceptors (Lipinski definition) is 2. The second-order valence-electron chi connectivity index (χ2n) is 4.49. The van der Waals surface area contributed by atoms with E-state index >= 15 is 0 Å². The van der Waals surface area contributed by atoms with Gasteiger partial charge in [0.2, 0.25) is 0 Å². The molecule has 0 aromatic rings. The van der Waals surface area contributed by atoms with Crippen LogP contribution in [0.1, 0.15) is 40.0 Å². The molecule has 0 amide bonds. The molecular formula is C12H24FNO. The molecule has 1 fully saturated rings. The second-order valence-corrected chi connectivity index (χ2v) is 4.49. The molecule has 0 aromatic heterocycles. The molecular weight excluding hydrogens is 193 g/mol. The molecule has 0 aliphatic carbocycles. The normalized spacial score (nSPS) is 38.2. The van der Waals surface area contributed by atoms with Gasteiger partial charge in [-0.25, -0.2) is 4.39 Å². The van der Waals surface area contributed by atoms with Crippen molar-refractivity contribution >= 4 is 0 Å². The number of methoxy groups -OCH3 is 1. The first-order valence-corrected chi connectivity index (χ1v) is 6.08. The Morgan fingerprint density at radius 2 is 2.07 bits per heavy atom. The molecule has 0 radical (unpaired) electrons. The van der Waals surface area contributed by atoms with Gasteiger partial charge in [-0.3, -0.25) is 4.90 Å². The van der Waals surface area contributed by atoms with Gasteiger partial charge < -0.3 is 4.74 Å². The summed E-state index contributed by atoms with van der Waals surface area (Å²) in [6.45, 7) is 7.30. The lowest BCUT2D eigenvalue weighted by Crippen LogP contribution is -2.56. The van der Waals surface area contributed by atoms with Crippen LogP contribution in [0.25, 0.3) is 0 Å². The molecule has 0 bridgehead atoms. The third kappa shape index (κ3) is 2.70. The highest BCUT2D eigenvalue weighted by Crippen LogP contribution is 2.29. The fourth-order valence-corrected chi connectivity index (χ4v) is 2.63. The van der Waals surface area contributed by atoms with E-state index < -0.39 is 6.17 Å². The summed E-state index contributed by atoms with van der Waals surface area (Å²) in [6.07, 6.45) is 1.95. The summed E-state index contributed by atoms with van der Waals surface area (Å²) in [6, 6.07) is 0.477. The van der Waals surface area contributed by atoms with Crippen molar-refractivity contribution in [2.45, 2.75) is 64.4 Å². The first-order chi connectivity index (χ1) is 7.15. The highest BCUT2D eigenvalue weighted by atomic mass is 19.1. The molecule has 2 nitrogen and oxygen atoms in total. The Morgan fingerprint density at radius 3 is 2.53 bits per heavy atom. The number of ether oxygens (including phenoxy) is 1. The number of alkyl halides is 1. The number of halogens is 1. The number of rotatable bonds is 4. The van der Waals surface area contributed by atoms with E-state index in [2.05, 4.69) is 18.7 Å². The predicted octanol–water partition coefficient (Wildman–Crippen LogP) is 2.62. The molecule has 3 heteroatoms. The summed E-state index contributed by atoms with van der Waals surface area (Å²) >= 11 is 0. The van der Waals surface area contributed by atoms with E-state index in [9.17, 15) is 4.39 Å². The van der Waals surface area contributed by atoms with Gasteiger partial charge in [0, 0.05) is 19.2 Å². The van der Waals surface area contributed by atoms with Crippen molar-refractivity contribution in [1.29, 1.82) is 0 Å². The molecule has 0 saturated carbocycles. The fraction of sp³-hybridized carbons (Fsp3) is 1.00. The molecule has 0 spiro atoms. The zero-order chi connectivity index (χ0) is 11.4. The quantitative estimate of drug-likeness (QED) is 0.717. The van der Waals surface area contributed by atoms with Gasteiger partial charge in [0.05, 0.1) is 6.10 Å². The van der Waals surface area contributed by atoms with Crippen LogP contribution in [0.2, 0.25) is 0 Å². The zero-order valence-corrected chi connectivity index (χ0v) is 10.4. The minimum absolute atomic E-state index is 0.00593. The smallest absolute Gasteiger partial charge is 0.141 e. The summed E-state index contributed by atoms with van der Waals surface area (Å²) in [4.78, 5) is 2.31. The van der Waals surface area contributed by atoms with Gasteiger partial charge in [-0.15, -0.1) is 0 Å². The standard InChI is InChI=1S/C12H24FNO/c1-5-7-14-9(3)12(13)11(15-4)8-10(14)6-2/h9-12H,5-8H2,1-4H3. The molecule has 1 aliphatic rings. The van der Waals surface area contributed by atoms with Gasteiger partial charge >= 0.3 is 0 Å². The molecule has 4 atom stereocenters. The predicted molar refractivity (Wildman–Crippen MR) is 60.8 cm³/mol. The third-order valence-electron chi connectivity index (χ3n) is 3.57. The van der Waals surface area contributed by atoms with E-state index in [4.69, 9.17) is 4.74 Å². The van der Waals surface area contributed by atoms with Gasteiger partial charge in [0.15, 0.2) is 0 Å². The highest BCUT2D eigenvalue weighted by Gasteiger charge is 2.40. The first kappa shape index (κ1) is 12.9. The SMILES string of the molecule is CCCN1C(CC)CC(OC)C(F)C1C. The molecule has 90 valence electrons. The summed E-state index contributed by atoms with van der Waals surface area (Å²) in [5, 5.41) is 0. The summed E-state index contributed by atoms with van der Waals surface area (Å²) in [5.41, 5.74) is 0. The van der Waals surface area contributed by atoms with E-state index in [1.807, 2.05) is 6.92 Å². The topological polar surface area (TPSA) is 12.5 Å². The molecule has 4 unspecified atom stereocenters. The molecule has 1 rings (SSSR count). The molecule has 1 heterocycles. The van der Waals surface area contributed by atoms with E-state index in [-0.39, 0.29) is 12.1 Å². The van der Waals surface area contributed by atoms with Crippen LogP contribution in [0.15, 0.2) is 0 Å². The van der Waals surface area contributed by atoms with E-state index in [0.29, 0.717) is 6.04 Å². The average Bonchev–Trinajstić information content (AvgIpc) is 2.25. The van der Waals surface area contributed by atoms with Crippen LogP contribution in [0.5, 0.6) is 0 Å². The Morgan fingerprint density at radius 1 is 1.40 bits per heavy atom. The van der Waals surface area contributed by atoms with Crippen molar-refractivity contribution in [3.63, 3.8) is 0 Å². The van der Waals surface area contributed by atoms with Crippen molar-refractivity contribution in [1.82, 2.24) is 4.90 Å². The zero-order valence-electron chi connectivity index (χ0n) is 10.4. The van der Waals surface area contributed by atoms with Crippen molar-refractivity contribution in [3.05, 3.63) is 0 Å². The van der Waals surface area contributed by atoms with Crippen LogP contribution in [0.4, 0.5) is 4.39 Å². The fourth-order valence-electron chi connectivity index (χ4n) is 2.63. The summed E-state index contributed by atoms with van der Waals surface area (Å²) < 4.78 is 19.2. The average molecular weight is 217 g/mol. The van der Waals surface area contributed by atoms with E-state index in [1.54, 1.807) is 7.11 Å². The van der Waals surface area contributed by atoms with Crippen molar-refractivity contribution in [2.24, 2.45) is 0 Å². The first-order valence-electron chi connectivity index (χ1n) is 6.08. The lowest BCUT2D eigenvalue weighted by Gasteiger charge is -2.45. The lowest BCUT2D eigenvalue weighted by molar-refractivity contribution is -0.0762.